The zero-order chi connectivity index (χ0) is 16.4. The van der Waals surface area contributed by atoms with Crippen molar-refractivity contribution in [1.82, 2.24) is 9.80 Å². The minimum atomic E-state index is -1.18. The lowest BCUT2D eigenvalue weighted by molar-refractivity contribution is 0.0930. The molecule has 1 fully saturated rings. The van der Waals surface area contributed by atoms with Gasteiger partial charge >= 0.3 is 7.12 Å². The quantitative estimate of drug-likeness (QED) is 0.368. The maximum Gasteiger partial charge on any atom is 0.451 e. The zero-order valence-electron chi connectivity index (χ0n) is 14.3. The Morgan fingerprint density at radius 3 is 2.18 bits per heavy atom. The molecular formula is C15H34BN3O3. The molecule has 1 aliphatic rings. The van der Waals surface area contributed by atoms with Gasteiger partial charge in [-0.2, -0.15) is 0 Å². The number of nitrogens with zero attached hydrogens (tertiary/aromatic N) is 2. The average Bonchev–Trinajstić information content (AvgIpc) is 2.48. The van der Waals surface area contributed by atoms with Crippen molar-refractivity contribution in [2.24, 2.45) is 5.73 Å². The van der Waals surface area contributed by atoms with Gasteiger partial charge in [0.15, 0.2) is 0 Å². The monoisotopic (exact) mass is 315 g/mol. The van der Waals surface area contributed by atoms with Gasteiger partial charge in [0, 0.05) is 45.4 Å². The number of piperazine rings is 1. The lowest BCUT2D eigenvalue weighted by Crippen LogP contribution is -2.49. The Morgan fingerprint density at radius 2 is 1.64 bits per heavy atom. The molecular weight excluding hydrogens is 281 g/mol. The average molecular weight is 315 g/mol. The van der Waals surface area contributed by atoms with E-state index in [0.717, 1.165) is 71.6 Å². The summed E-state index contributed by atoms with van der Waals surface area (Å²) < 4.78 is 5.12. The van der Waals surface area contributed by atoms with Crippen LogP contribution in [0.3, 0.4) is 0 Å². The van der Waals surface area contributed by atoms with Crippen LogP contribution in [0.25, 0.3) is 0 Å². The molecule has 1 aliphatic heterocycles. The van der Waals surface area contributed by atoms with Crippen LogP contribution in [0.2, 0.25) is 6.32 Å². The molecule has 7 heteroatoms. The molecule has 4 N–H and O–H groups in total. The third kappa shape index (κ3) is 9.07. The largest absolute Gasteiger partial charge is 0.451 e. The van der Waals surface area contributed by atoms with E-state index in [9.17, 15) is 0 Å². The number of hydrogen-bond acceptors (Lipinski definition) is 6. The van der Waals surface area contributed by atoms with Gasteiger partial charge in [-0.15, -0.1) is 0 Å². The second kappa shape index (κ2) is 10.6. The standard InChI is InChI=1S/C15H34BN3O3/c1-15(17,5-3-4-7-16(20)21)6-8-18-9-11-19(12-10-18)13-14-22-2/h20-21H,3-14,17H2,1-2H3. The second-order valence-electron chi connectivity index (χ2n) is 6.81. The third-order valence-electron chi connectivity index (χ3n) is 4.54. The molecule has 0 aromatic rings. The van der Waals surface area contributed by atoms with Gasteiger partial charge in [0.05, 0.1) is 6.61 Å². The molecule has 22 heavy (non-hydrogen) atoms. The molecule has 0 radical (unpaired) electrons. The maximum absolute atomic E-state index is 8.84. The van der Waals surface area contributed by atoms with E-state index in [0.29, 0.717) is 6.32 Å². The van der Waals surface area contributed by atoms with Crippen LogP contribution in [0, 0.1) is 0 Å². The van der Waals surface area contributed by atoms with Crippen molar-refractivity contribution in [2.75, 3.05) is 53.0 Å². The fourth-order valence-electron chi connectivity index (χ4n) is 2.85. The molecule has 6 nitrogen and oxygen atoms in total. The minimum Gasteiger partial charge on any atom is -0.427 e. The van der Waals surface area contributed by atoms with Gasteiger partial charge in [0.2, 0.25) is 0 Å². The summed E-state index contributed by atoms with van der Waals surface area (Å²) in [4.78, 5) is 4.94. The topological polar surface area (TPSA) is 82.2 Å². The first kappa shape index (κ1) is 19.9. The van der Waals surface area contributed by atoms with Gasteiger partial charge < -0.3 is 25.4 Å². The highest BCUT2D eigenvalue weighted by molar-refractivity contribution is 6.40. The molecule has 0 saturated carbocycles. The summed E-state index contributed by atoms with van der Waals surface area (Å²) in [6.45, 7) is 9.43. The molecule has 0 aromatic carbocycles. The first-order valence-electron chi connectivity index (χ1n) is 8.51. The number of rotatable bonds is 11. The van der Waals surface area contributed by atoms with Crippen LogP contribution in [0.4, 0.5) is 0 Å². The number of ether oxygens (including phenoxy) is 1. The van der Waals surface area contributed by atoms with E-state index >= 15 is 0 Å². The van der Waals surface area contributed by atoms with E-state index in [-0.39, 0.29) is 5.54 Å². The molecule has 0 bridgehead atoms. The Bertz CT molecular complexity index is 285. The molecule has 130 valence electrons. The van der Waals surface area contributed by atoms with Crippen molar-refractivity contribution in [3.8, 4) is 0 Å². The predicted molar refractivity (Wildman–Crippen MR) is 90.8 cm³/mol. The van der Waals surface area contributed by atoms with Gasteiger partial charge in [-0.1, -0.05) is 12.8 Å². The van der Waals surface area contributed by atoms with Crippen molar-refractivity contribution in [3.63, 3.8) is 0 Å². The lowest BCUT2D eigenvalue weighted by Gasteiger charge is -2.36. The zero-order valence-corrected chi connectivity index (χ0v) is 14.3. The second-order valence-corrected chi connectivity index (χ2v) is 6.81. The first-order chi connectivity index (χ1) is 10.4. The normalized spacial score (nSPS) is 20.0. The summed E-state index contributed by atoms with van der Waals surface area (Å²) >= 11 is 0. The van der Waals surface area contributed by atoms with Crippen molar-refractivity contribution >= 4 is 7.12 Å². The molecule has 1 atom stereocenters. The number of methoxy groups -OCH3 is 1. The van der Waals surface area contributed by atoms with Crippen LogP contribution in [0.15, 0.2) is 0 Å². The van der Waals surface area contributed by atoms with Gasteiger partial charge in [-0.05, 0) is 32.6 Å². The van der Waals surface area contributed by atoms with Crippen molar-refractivity contribution in [2.45, 2.75) is 44.5 Å². The summed E-state index contributed by atoms with van der Waals surface area (Å²) in [6, 6.07) is 0. The van der Waals surface area contributed by atoms with E-state index in [1.54, 1.807) is 7.11 Å². The smallest absolute Gasteiger partial charge is 0.427 e. The third-order valence-corrected chi connectivity index (χ3v) is 4.54. The Kier molecular flexibility index (Phi) is 9.55. The van der Waals surface area contributed by atoms with Gasteiger partial charge in [0.1, 0.15) is 0 Å². The van der Waals surface area contributed by atoms with Crippen LogP contribution < -0.4 is 5.73 Å². The fourth-order valence-corrected chi connectivity index (χ4v) is 2.85. The number of nitrogens with two attached hydrogens (primary N) is 1. The van der Waals surface area contributed by atoms with Gasteiger partial charge in [-0.3, -0.25) is 4.90 Å². The van der Waals surface area contributed by atoms with E-state index in [2.05, 4.69) is 16.7 Å². The summed E-state index contributed by atoms with van der Waals surface area (Å²) in [5, 5.41) is 17.7. The first-order valence-corrected chi connectivity index (χ1v) is 8.51. The molecule has 1 unspecified atom stereocenters. The Morgan fingerprint density at radius 1 is 1.05 bits per heavy atom. The number of hydrogen-bond donors (Lipinski definition) is 3. The fraction of sp³-hybridized carbons (Fsp3) is 1.00. The molecule has 1 heterocycles. The number of unbranched alkanes of at least 4 members (excludes halogenated alkanes) is 1. The molecule has 0 spiro atoms. The van der Waals surface area contributed by atoms with Crippen molar-refractivity contribution < 1.29 is 14.8 Å². The van der Waals surface area contributed by atoms with E-state index < -0.39 is 7.12 Å². The van der Waals surface area contributed by atoms with Crippen molar-refractivity contribution in [3.05, 3.63) is 0 Å². The van der Waals surface area contributed by atoms with Gasteiger partial charge in [0.25, 0.3) is 0 Å². The summed E-state index contributed by atoms with van der Waals surface area (Å²) in [5.74, 6) is 0. The van der Waals surface area contributed by atoms with Gasteiger partial charge in [-0.25, -0.2) is 0 Å². The highest BCUT2D eigenvalue weighted by Gasteiger charge is 2.22. The maximum atomic E-state index is 8.84. The highest BCUT2D eigenvalue weighted by Crippen LogP contribution is 2.17. The van der Waals surface area contributed by atoms with Crippen LogP contribution >= 0.6 is 0 Å². The van der Waals surface area contributed by atoms with Crippen LogP contribution in [-0.2, 0) is 4.74 Å². The highest BCUT2D eigenvalue weighted by atomic mass is 16.5. The van der Waals surface area contributed by atoms with Crippen molar-refractivity contribution in [1.29, 1.82) is 0 Å². The van der Waals surface area contributed by atoms with E-state index in [1.165, 1.54) is 0 Å². The van der Waals surface area contributed by atoms with Crippen LogP contribution in [-0.4, -0.2) is 85.5 Å². The molecule has 0 aliphatic carbocycles. The summed E-state index contributed by atoms with van der Waals surface area (Å²) in [7, 11) is 0.568. The van der Waals surface area contributed by atoms with Crippen LogP contribution in [0.1, 0.15) is 32.6 Å². The molecule has 1 saturated heterocycles. The summed E-state index contributed by atoms with van der Waals surface area (Å²) in [5.41, 5.74) is 6.21. The summed E-state index contributed by atoms with van der Waals surface area (Å²) in [6.07, 6.45) is 4.15. The predicted octanol–water partition coefficient (Wildman–Crippen LogP) is 0.00100. The SMILES string of the molecule is COCCN1CCN(CCC(C)(N)CCCCB(O)O)CC1. The molecule has 0 aromatic heterocycles. The van der Waals surface area contributed by atoms with E-state index in [4.69, 9.17) is 20.5 Å². The Labute approximate surface area is 135 Å². The molecule has 0 amide bonds. The van der Waals surface area contributed by atoms with E-state index in [1.807, 2.05) is 0 Å². The van der Waals surface area contributed by atoms with Crippen LogP contribution in [0.5, 0.6) is 0 Å². The minimum absolute atomic E-state index is 0.159. The Hall–Kier alpha value is -0.175. The molecule has 1 rings (SSSR count). The Balaban J connectivity index is 2.12. The lowest BCUT2D eigenvalue weighted by atomic mass is 9.82.